The van der Waals surface area contributed by atoms with E-state index >= 15 is 0 Å². The zero-order valence-corrected chi connectivity index (χ0v) is 31.6. The fourth-order valence-corrected chi connectivity index (χ4v) is 18.2. The Labute approximate surface area is 252 Å². The summed E-state index contributed by atoms with van der Waals surface area (Å²) in [5, 5.41) is 0.194. The van der Waals surface area contributed by atoms with E-state index in [1.54, 1.807) is 0 Å². The van der Waals surface area contributed by atoms with Crippen LogP contribution in [-0.2, 0) is 40.1 Å². The Balaban J connectivity index is 0.00000145. The number of hydrogen-bond donors (Lipinski definition) is 0. The van der Waals surface area contributed by atoms with Crippen LogP contribution >= 0.6 is 49.1 Å². The van der Waals surface area contributed by atoms with E-state index in [2.05, 4.69) is 101 Å². The maximum atomic E-state index is 7.50. The van der Waals surface area contributed by atoms with Gasteiger partial charge in [-0.25, -0.2) is 0 Å². The molecule has 9 heteroatoms. The zero-order valence-electron chi connectivity index (χ0n) is 23.1. The molecule has 0 aliphatic carbocycles. The molecule has 1 radical (unpaired) electrons. The summed E-state index contributed by atoms with van der Waals surface area (Å²) in [6, 6.07) is 9.59. The average molecular weight is 825 g/mol. The average Bonchev–Trinajstić information content (AvgIpc) is 3.34. The van der Waals surface area contributed by atoms with Gasteiger partial charge in [0.25, 0.3) is 0 Å². The number of alkyl halides is 2. The van der Waals surface area contributed by atoms with E-state index in [0.29, 0.717) is 0 Å². The van der Waals surface area contributed by atoms with Gasteiger partial charge in [-0.1, -0.05) is 0 Å². The summed E-state index contributed by atoms with van der Waals surface area (Å²) < 4.78 is 5.29. The zero-order chi connectivity index (χ0) is 26.0. The summed E-state index contributed by atoms with van der Waals surface area (Å²) in [6.07, 6.45) is 2.47. The maximum absolute atomic E-state index is 7.50. The van der Waals surface area contributed by atoms with Crippen molar-refractivity contribution in [3.05, 3.63) is 47.0 Å². The smallest absolute Gasteiger partial charge is 0.109 e. The molecular formula is C26H46AuCl3GeN2P2+3. The van der Waals surface area contributed by atoms with Crippen LogP contribution in [-0.4, -0.2) is 48.9 Å². The van der Waals surface area contributed by atoms with Crippen LogP contribution in [0, 0.1) is 0 Å². The second kappa shape index (κ2) is 14.8. The van der Waals surface area contributed by atoms with Crippen LogP contribution < -0.4 is 0 Å². The molecule has 0 bridgehead atoms. The molecule has 1 aliphatic heterocycles. The Hall–Kier alpha value is 1.57. The van der Waals surface area contributed by atoms with Gasteiger partial charge >= 0.3 is 226 Å². The summed E-state index contributed by atoms with van der Waals surface area (Å²) in [6.45, 7) is 24.1. The van der Waals surface area contributed by atoms with Crippen LogP contribution in [0.5, 0.6) is 0 Å². The van der Waals surface area contributed by atoms with Crippen molar-refractivity contribution >= 4 is 62.9 Å². The van der Waals surface area contributed by atoms with E-state index in [0.717, 1.165) is 22.6 Å². The van der Waals surface area contributed by atoms with Gasteiger partial charge in [-0.15, -0.1) is 23.2 Å². The van der Waals surface area contributed by atoms with Gasteiger partial charge in [-0.3, -0.25) is 0 Å². The largest absolute Gasteiger partial charge is 1.00 e. The monoisotopic (exact) mass is 824 g/mol. The number of fused-ring (bicyclic) bond motifs is 2. The number of rotatable bonds is 8. The first-order chi connectivity index (χ1) is 15.8. The standard InChI is InChI=1S/C25H42ClGeN2P2.CH2Cl2.Au/c1-17(2)30(18(3)4)15-21-11-13-23-25(9,10)24-14-12-22(29(24)27(26)28(21)23)16-31(19(5)6)20(7)8;2-1-3;/h11-14,17-20H,15-16H2,1-10H3;1H2;/q;;+1/p+2. The van der Waals surface area contributed by atoms with Crippen LogP contribution in [0.2, 0.25) is 0 Å². The van der Waals surface area contributed by atoms with Crippen molar-refractivity contribution in [1.29, 1.82) is 0 Å². The molecule has 0 atom stereocenters. The third-order valence-corrected chi connectivity index (χ3v) is 20.3. The fourth-order valence-electron chi connectivity index (χ4n) is 5.44. The van der Waals surface area contributed by atoms with E-state index in [9.17, 15) is 0 Å². The van der Waals surface area contributed by atoms with Gasteiger partial charge in [0.05, 0.1) is 5.34 Å². The maximum Gasteiger partial charge on any atom is 1.00 e. The molecule has 203 valence electrons. The molecule has 0 spiro atoms. The minimum Gasteiger partial charge on any atom is -0.109 e. The van der Waals surface area contributed by atoms with Crippen molar-refractivity contribution in [3.63, 3.8) is 0 Å². The molecule has 2 nitrogen and oxygen atoms in total. The second-order valence-electron chi connectivity index (χ2n) is 11.2. The number of halogens is 3. The minimum absolute atomic E-state index is 0. The molecule has 1 aliphatic rings. The molecular weight excluding hydrogens is 778 g/mol. The van der Waals surface area contributed by atoms with Crippen molar-refractivity contribution < 1.29 is 22.4 Å². The molecule has 2 aromatic heterocycles. The van der Waals surface area contributed by atoms with Crippen molar-refractivity contribution in [1.82, 2.24) is 7.05 Å². The fraction of sp³-hybridized carbons (Fsp3) is 0.692. The van der Waals surface area contributed by atoms with Gasteiger partial charge < -0.3 is 0 Å². The van der Waals surface area contributed by atoms with Gasteiger partial charge in [-0.05, 0) is 0 Å². The Morgan fingerprint density at radius 1 is 0.714 bits per heavy atom. The first-order valence-corrected chi connectivity index (χ1v) is 22.0. The predicted octanol–water partition coefficient (Wildman–Crippen LogP) is 9.03. The second-order valence-corrected chi connectivity index (χ2v) is 24.4. The molecule has 0 saturated heterocycles. The first kappa shape index (κ1) is 34.6. The summed E-state index contributed by atoms with van der Waals surface area (Å²) >= 11 is 7.33. The van der Waals surface area contributed by atoms with Crippen LogP contribution in [0.4, 0.5) is 0 Å². The van der Waals surface area contributed by atoms with Crippen molar-refractivity contribution in [3.8, 4) is 0 Å². The van der Waals surface area contributed by atoms with Crippen molar-refractivity contribution in [2.24, 2.45) is 0 Å². The van der Waals surface area contributed by atoms with Gasteiger partial charge in [0.2, 0.25) is 0 Å². The van der Waals surface area contributed by atoms with E-state index in [1.165, 1.54) is 35.1 Å². The minimum atomic E-state index is -2.20. The van der Waals surface area contributed by atoms with Crippen LogP contribution in [0.1, 0.15) is 92.0 Å². The summed E-state index contributed by atoms with van der Waals surface area (Å²) in [4.78, 5) is 0. The molecule has 0 N–H and O–H groups in total. The third kappa shape index (κ3) is 7.83. The van der Waals surface area contributed by atoms with E-state index in [4.69, 9.17) is 33.2 Å². The summed E-state index contributed by atoms with van der Waals surface area (Å²) in [5.41, 5.74) is 9.04. The number of hydrogen-bond acceptors (Lipinski definition) is 0. The van der Waals surface area contributed by atoms with Gasteiger partial charge in [-0.2, -0.15) is 0 Å². The SMILES string of the molecule is CC(C)[PH+](Cc1ccc2[n]1[Ge]([Cl])[n]1c(C[PH+](C(C)C)C(C)C)ccc1C2(C)C)C(C)C.ClCCl.[Au+]. The molecule has 0 aromatic carbocycles. The van der Waals surface area contributed by atoms with Gasteiger partial charge in [0.15, 0.2) is 0 Å². The van der Waals surface area contributed by atoms with Crippen LogP contribution in [0.15, 0.2) is 24.3 Å². The molecule has 0 unspecified atom stereocenters. The number of nitrogens with zero attached hydrogens (tertiary/aromatic N) is 2. The Morgan fingerprint density at radius 3 is 1.26 bits per heavy atom. The van der Waals surface area contributed by atoms with E-state index in [1.807, 2.05) is 0 Å². The van der Waals surface area contributed by atoms with E-state index in [-0.39, 0.29) is 33.1 Å². The van der Waals surface area contributed by atoms with Crippen molar-refractivity contribution in [2.45, 2.75) is 110 Å². The summed E-state index contributed by atoms with van der Waals surface area (Å²) in [7, 11) is 6.57. The quantitative estimate of drug-likeness (QED) is 0.143. The predicted molar refractivity (Wildman–Crippen MR) is 165 cm³/mol. The summed E-state index contributed by atoms with van der Waals surface area (Å²) in [5.74, 6) is 0. The topological polar surface area (TPSA) is 9.86 Å². The van der Waals surface area contributed by atoms with Crippen LogP contribution in [0.25, 0.3) is 0 Å². The molecule has 0 saturated carbocycles. The Kier molecular flexibility index (Phi) is 14.6. The Morgan fingerprint density at radius 2 is 1.00 bits per heavy atom. The molecule has 3 heterocycles. The molecule has 2 aromatic rings. The molecule has 0 amide bonds. The number of aromatic nitrogens is 2. The van der Waals surface area contributed by atoms with E-state index < -0.39 is 29.7 Å². The van der Waals surface area contributed by atoms with Crippen LogP contribution in [0.3, 0.4) is 0 Å². The molecule has 0 fully saturated rings. The third-order valence-electron chi connectivity index (χ3n) is 7.31. The van der Waals surface area contributed by atoms with Crippen molar-refractivity contribution in [2.75, 3.05) is 5.34 Å². The van der Waals surface area contributed by atoms with Gasteiger partial charge in [0, 0.05) is 0 Å². The molecule has 35 heavy (non-hydrogen) atoms. The first-order valence-electron chi connectivity index (χ1n) is 12.6. The normalized spacial score (nSPS) is 15.1. The molecule has 3 rings (SSSR count). The Bertz CT molecular complexity index is 842. The van der Waals surface area contributed by atoms with Gasteiger partial charge in [0.1, 0.15) is 0 Å².